The Morgan fingerprint density at radius 1 is 1.35 bits per heavy atom. The number of carbonyl (C=O) groups excluding carboxylic acids is 1. The normalized spacial score (nSPS) is 15.6. The van der Waals surface area contributed by atoms with Crippen molar-refractivity contribution >= 4 is 29.3 Å². The van der Waals surface area contributed by atoms with E-state index in [0.717, 1.165) is 0 Å². The summed E-state index contributed by atoms with van der Waals surface area (Å²) in [6, 6.07) is 3.48. The molecule has 23 heavy (non-hydrogen) atoms. The van der Waals surface area contributed by atoms with Crippen LogP contribution in [0.1, 0.15) is 12.8 Å². The molecule has 1 aliphatic rings. The average molecular weight is 349 g/mol. The minimum Gasteiger partial charge on any atom is -0.481 e. The summed E-state index contributed by atoms with van der Waals surface area (Å²) in [5, 5.41) is 11.6. The molecule has 0 radical (unpaired) electrons. The third kappa shape index (κ3) is 4.69. The van der Waals surface area contributed by atoms with E-state index in [1.807, 2.05) is 0 Å². The van der Waals surface area contributed by atoms with Crippen LogP contribution in [0.4, 0.5) is 19.3 Å². The summed E-state index contributed by atoms with van der Waals surface area (Å²) in [6.07, 6.45) is 0.702. The van der Waals surface area contributed by atoms with E-state index in [4.69, 9.17) is 16.7 Å². The maximum Gasteiger partial charge on any atom is 0.387 e. The van der Waals surface area contributed by atoms with Crippen molar-refractivity contribution in [1.82, 2.24) is 4.90 Å². The number of alkyl halides is 2. The number of anilines is 1. The van der Waals surface area contributed by atoms with Crippen molar-refractivity contribution in [2.45, 2.75) is 19.5 Å². The Morgan fingerprint density at radius 2 is 2.00 bits per heavy atom. The Morgan fingerprint density at radius 3 is 2.57 bits per heavy atom. The predicted octanol–water partition coefficient (Wildman–Crippen LogP) is 3.27. The van der Waals surface area contributed by atoms with Crippen LogP contribution in [0.2, 0.25) is 5.02 Å². The second-order valence-corrected chi connectivity index (χ2v) is 5.49. The molecule has 1 aromatic rings. The zero-order chi connectivity index (χ0) is 17.0. The van der Waals surface area contributed by atoms with E-state index >= 15 is 0 Å². The van der Waals surface area contributed by atoms with Gasteiger partial charge in [-0.1, -0.05) is 11.6 Å². The summed E-state index contributed by atoms with van der Waals surface area (Å²) in [7, 11) is 0. The Balaban J connectivity index is 2.02. The molecule has 0 aliphatic carbocycles. The van der Waals surface area contributed by atoms with E-state index in [0.29, 0.717) is 12.8 Å². The van der Waals surface area contributed by atoms with Gasteiger partial charge in [-0.15, -0.1) is 0 Å². The van der Waals surface area contributed by atoms with Gasteiger partial charge < -0.3 is 20.1 Å². The highest BCUT2D eigenvalue weighted by Crippen LogP contribution is 2.30. The standard InChI is InChI=1S/C14H15ClF2N2O4/c15-9-1-2-10(11(7-9)23-13(16)17)18-14(22)19-5-3-8(4-6-19)12(20)21/h1-2,7-8,13H,3-6H2,(H,18,22)(H,20,21). The van der Waals surface area contributed by atoms with E-state index in [1.165, 1.54) is 23.1 Å². The lowest BCUT2D eigenvalue weighted by molar-refractivity contribution is -0.143. The van der Waals surface area contributed by atoms with Gasteiger partial charge in [0.05, 0.1) is 11.6 Å². The number of carboxylic acids is 1. The van der Waals surface area contributed by atoms with E-state index in [1.54, 1.807) is 0 Å². The molecule has 126 valence electrons. The summed E-state index contributed by atoms with van der Waals surface area (Å²) in [4.78, 5) is 24.5. The molecule has 1 aromatic carbocycles. The molecule has 0 atom stereocenters. The van der Waals surface area contributed by atoms with Crippen LogP contribution in [0, 0.1) is 5.92 Å². The van der Waals surface area contributed by atoms with Gasteiger partial charge in [0.25, 0.3) is 0 Å². The molecule has 0 unspecified atom stereocenters. The van der Waals surface area contributed by atoms with Gasteiger partial charge >= 0.3 is 18.6 Å². The van der Waals surface area contributed by atoms with Crippen molar-refractivity contribution in [2.24, 2.45) is 5.92 Å². The topological polar surface area (TPSA) is 78.9 Å². The number of carboxylic acid groups (broad SMARTS) is 1. The number of amides is 2. The first-order chi connectivity index (χ1) is 10.9. The number of piperidine rings is 1. The Bertz CT molecular complexity index is 592. The zero-order valence-electron chi connectivity index (χ0n) is 12.0. The maximum absolute atomic E-state index is 12.4. The summed E-state index contributed by atoms with van der Waals surface area (Å²) in [6.45, 7) is -2.49. The second kappa shape index (κ2) is 7.45. The first kappa shape index (κ1) is 17.3. The number of nitrogens with zero attached hydrogens (tertiary/aromatic N) is 1. The van der Waals surface area contributed by atoms with Crippen LogP contribution in [0.5, 0.6) is 5.75 Å². The lowest BCUT2D eigenvalue weighted by atomic mass is 9.97. The third-order valence-corrected chi connectivity index (χ3v) is 3.77. The molecule has 0 bridgehead atoms. The van der Waals surface area contributed by atoms with Crippen LogP contribution < -0.4 is 10.1 Å². The van der Waals surface area contributed by atoms with E-state index < -0.39 is 24.5 Å². The SMILES string of the molecule is O=C(O)C1CCN(C(=O)Nc2ccc(Cl)cc2OC(F)F)CC1. The van der Waals surface area contributed by atoms with Crippen LogP contribution in [-0.4, -0.2) is 41.7 Å². The van der Waals surface area contributed by atoms with Gasteiger partial charge in [-0.25, -0.2) is 4.79 Å². The quantitative estimate of drug-likeness (QED) is 0.875. The molecule has 9 heteroatoms. The number of urea groups is 1. The highest BCUT2D eigenvalue weighted by Gasteiger charge is 2.27. The Kier molecular flexibility index (Phi) is 5.59. The number of ether oxygens (including phenoxy) is 1. The molecule has 1 aliphatic heterocycles. The minimum absolute atomic E-state index is 0.0695. The highest BCUT2D eigenvalue weighted by atomic mass is 35.5. The molecule has 0 spiro atoms. The third-order valence-electron chi connectivity index (χ3n) is 3.53. The number of aliphatic carboxylic acids is 1. The summed E-state index contributed by atoms with van der Waals surface area (Å²) < 4.78 is 29.1. The number of hydrogen-bond donors (Lipinski definition) is 2. The van der Waals surface area contributed by atoms with E-state index in [2.05, 4.69) is 10.1 Å². The smallest absolute Gasteiger partial charge is 0.387 e. The fourth-order valence-corrected chi connectivity index (χ4v) is 2.48. The van der Waals surface area contributed by atoms with E-state index in [9.17, 15) is 18.4 Å². The molecule has 0 saturated carbocycles. The fourth-order valence-electron chi connectivity index (χ4n) is 2.32. The van der Waals surface area contributed by atoms with Crippen molar-refractivity contribution in [1.29, 1.82) is 0 Å². The van der Waals surface area contributed by atoms with Crippen molar-refractivity contribution in [2.75, 3.05) is 18.4 Å². The van der Waals surface area contributed by atoms with Gasteiger partial charge in [-0.05, 0) is 25.0 Å². The van der Waals surface area contributed by atoms with Crippen molar-refractivity contribution in [3.63, 3.8) is 0 Å². The van der Waals surface area contributed by atoms with E-state index in [-0.39, 0.29) is 29.5 Å². The molecular weight excluding hydrogens is 334 g/mol. The molecule has 1 saturated heterocycles. The van der Waals surface area contributed by atoms with Gasteiger partial charge in [0.2, 0.25) is 0 Å². The molecule has 2 rings (SSSR count). The van der Waals surface area contributed by atoms with Gasteiger partial charge in [-0.2, -0.15) is 8.78 Å². The van der Waals surface area contributed by atoms with Crippen molar-refractivity contribution < 1.29 is 28.2 Å². The van der Waals surface area contributed by atoms with Gasteiger partial charge in [0, 0.05) is 24.2 Å². The van der Waals surface area contributed by atoms with Crippen molar-refractivity contribution in [3.8, 4) is 5.75 Å². The largest absolute Gasteiger partial charge is 0.481 e. The zero-order valence-corrected chi connectivity index (χ0v) is 12.7. The van der Waals surface area contributed by atoms with Crippen LogP contribution in [-0.2, 0) is 4.79 Å². The first-order valence-corrected chi connectivity index (χ1v) is 7.27. The number of halogens is 3. The molecule has 2 amide bonds. The van der Waals surface area contributed by atoms with Gasteiger partial charge in [-0.3, -0.25) is 4.79 Å². The minimum atomic E-state index is -3.05. The molecule has 1 heterocycles. The Labute approximate surface area is 136 Å². The number of rotatable bonds is 4. The lowest BCUT2D eigenvalue weighted by Gasteiger charge is -2.30. The number of nitrogens with one attached hydrogen (secondary N) is 1. The van der Waals surface area contributed by atoms with Gasteiger partial charge in [0.15, 0.2) is 5.75 Å². The lowest BCUT2D eigenvalue weighted by Crippen LogP contribution is -2.42. The fraction of sp³-hybridized carbons (Fsp3) is 0.429. The molecule has 0 aromatic heterocycles. The summed E-state index contributed by atoms with van der Waals surface area (Å²) in [5.41, 5.74) is 0.0695. The first-order valence-electron chi connectivity index (χ1n) is 6.90. The van der Waals surface area contributed by atoms with Crippen LogP contribution in [0.3, 0.4) is 0 Å². The molecule has 1 fully saturated rings. The van der Waals surface area contributed by atoms with Crippen LogP contribution >= 0.6 is 11.6 Å². The summed E-state index contributed by atoms with van der Waals surface area (Å²) in [5.74, 6) is -1.58. The molecule has 2 N–H and O–H groups in total. The average Bonchev–Trinajstić information content (AvgIpc) is 2.49. The van der Waals surface area contributed by atoms with Gasteiger partial charge in [0.1, 0.15) is 0 Å². The number of hydrogen-bond acceptors (Lipinski definition) is 3. The second-order valence-electron chi connectivity index (χ2n) is 5.05. The predicted molar refractivity (Wildman–Crippen MR) is 79.0 cm³/mol. The Hall–Kier alpha value is -2.09. The maximum atomic E-state index is 12.4. The van der Waals surface area contributed by atoms with Crippen molar-refractivity contribution in [3.05, 3.63) is 23.2 Å². The van der Waals surface area contributed by atoms with Crippen LogP contribution in [0.15, 0.2) is 18.2 Å². The number of carbonyl (C=O) groups is 2. The highest BCUT2D eigenvalue weighted by molar-refractivity contribution is 6.30. The molecule has 6 nitrogen and oxygen atoms in total. The number of benzene rings is 1. The monoisotopic (exact) mass is 348 g/mol. The number of likely N-dealkylation sites (tertiary alicyclic amines) is 1. The van der Waals surface area contributed by atoms with Crippen LogP contribution in [0.25, 0.3) is 0 Å². The molecular formula is C14H15ClF2N2O4. The summed E-state index contributed by atoms with van der Waals surface area (Å²) >= 11 is 5.73.